The maximum absolute atomic E-state index is 12.3. The van der Waals surface area contributed by atoms with Gasteiger partial charge in [0.15, 0.2) is 0 Å². The van der Waals surface area contributed by atoms with Crippen molar-refractivity contribution in [2.75, 3.05) is 13.6 Å². The van der Waals surface area contributed by atoms with Crippen molar-refractivity contribution in [2.24, 2.45) is 5.41 Å². The third-order valence-electron chi connectivity index (χ3n) is 5.90. The Morgan fingerprint density at radius 1 is 1.00 bits per heavy atom. The van der Waals surface area contributed by atoms with Gasteiger partial charge >= 0.3 is 12.1 Å². The molecule has 0 aliphatic rings. The van der Waals surface area contributed by atoms with E-state index in [1.165, 1.54) is 0 Å². The summed E-state index contributed by atoms with van der Waals surface area (Å²) in [6.07, 6.45) is 2.79. The smallest absolute Gasteiger partial charge is 0.409 e. The number of rotatable bonds is 11. The quantitative estimate of drug-likeness (QED) is 0.348. The molecule has 1 amide bonds. The Morgan fingerprint density at radius 2 is 1.66 bits per heavy atom. The highest BCUT2D eigenvalue weighted by atomic mass is 79.9. The van der Waals surface area contributed by atoms with E-state index in [4.69, 9.17) is 4.74 Å². The number of nitrogens with zero attached hydrogens (tertiary/aromatic N) is 1. The summed E-state index contributed by atoms with van der Waals surface area (Å²) in [5.74, 6) is -0.809. The van der Waals surface area contributed by atoms with Gasteiger partial charge < -0.3 is 14.7 Å². The van der Waals surface area contributed by atoms with E-state index in [-0.39, 0.29) is 18.1 Å². The molecule has 6 heteroatoms. The summed E-state index contributed by atoms with van der Waals surface area (Å²) in [6.45, 7) is 6.87. The summed E-state index contributed by atoms with van der Waals surface area (Å²) < 4.78 is 6.29. The number of halogens is 1. The van der Waals surface area contributed by atoms with Crippen LogP contribution in [0.2, 0.25) is 0 Å². The minimum atomic E-state index is -0.925. The fourth-order valence-electron chi connectivity index (χ4n) is 3.90. The van der Waals surface area contributed by atoms with Gasteiger partial charge in [0.1, 0.15) is 6.61 Å². The second kappa shape index (κ2) is 11.5. The van der Waals surface area contributed by atoms with Crippen LogP contribution in [0.5, 0.6) is 0 Å². The van der Waals surface area contributed by atoms with E-state index in [9.17, 15) is 14.7 Å². The molecular formula is C26H34BrNO4. The predicted molar refractivity (Wildman–Crippen MR) is 131 cm³/mol. The molecule has 0 aliphatic carbocycles. The molecule has 32 heavy (non-hydrogen) atoms. The molecule has 1 atom stereocenters. The number of hydrogen-bond acceptors (Lipinski definition) is 3. The zero-order chi connectivity index (χ0) is 23.8. The van der Waals surface area contributed by atoms with Crippen molar-refractivity contribution in [2.45, 2.75) is 58.5 Å². The predicted octanol–water partition coefficient (Wildman–Crippen LogP) is 6.65. The lowest BCUT2D eigenvalue weighted by Crippen LogP contribution is -2.36. The first-order valence-corrected chi connectivity index (χ1v) is 11.7. The maximum atomic E-state index is 12.3. The molecule has 0 bridgehead atoms. The fourth-order valence-corrected chi connectivity index (χ4v) is 4.30. The molecule has 2 rings (SSSR count). The zero-order valence-corrected chi connectivity index (χ0v) is 21.0. The molecule has 0 saturated carbocycles. The molecular weight excluding hydrogens is 470 g/mol. The molecule has 1 unspecified atom stereocenters. The van der Waals surface area contributed by atoms with Gasteiger partial charge in [0, 0.05) is 18.1 Å². The third-order valence-corrected chi connectivity index (χ3v) is 6.39. The van der Waals surface area contributed by atoms with E-state index in [1.807, 2.05) is 54.6 Å². The molecule has 2 aromatic rings. The van der Waals surface area contributed by atoms with Crippen molar-refractivity contribution in [3.63, 3.8) is 0 Å². The topological polar surface area (TPSA) is 66.8 Å². The van der Waals surface area contributed by atoms with Crippen molar-refractivity contribution in [3.8, 4) is 0 Å². The fraction of sp³-hybridized carbons (Fsp3) is 0.462. The van der Waals surface area contributed by atoms with Gasteiger partial charge in [-0.3, -0.25) is 4.79 Å². The molecule has 2 aromatic carbocycles. The molecule has 0 aromatic heterocycles. The van der Waals surface area contributed by atoms with Gasteiger partial charge in [0.2, 0.25) is 0 Å². The Balaban J connectivity index is 1.82. The largest absolute Gasteiger partial charge is 0.481 e. The molecule has 0 radical (unpaired) electrons. The van der Waals surface area contributed by atoms with Gasteiger partial charge in [-0.1, -0.05) is 85.1 Å². The zero-order valence-electron chi connectivity index (χ0n) is 19.4. The van der Waals surface area contributed by atoms with Crippen LogP contribution in [0.4, 0.5) is 4.79 Å². The first kappa shape index (κ1) is 25.9. The van der Waals surface area contributed by atoms with Crippen LogP contribution in [-0.2, 0) is 21.6 Å². The standard InChI is InChI=1S/C26H34BrNO4/c1-25(2,19-28(4)24(31)32-18-20-11-6-5-7-12-20)15-8-9-16-26(3,23(29)30)21-13-10-14-22(27)17-21/h5-7,10-14,17H,8-9,15-16,18-19H2,1-4H3,(H,29,30). The van der Waals surface area contributed by atoms with E-state index < -0.39 is 11.4 Å². The van der Waals surface area contributed by atoms with E-state index in [2.05, 4.69) is 29.8 Å². The van der Waals surface area contributed by atoms with Crippen molar-refractivity contribution in [1.29, 1.82) is 0 Å². The number of hydrogen-bond donors (Lipinski definition) is 1. The lowest BCUT2D eigenvalue weighted by Gasteiger charge is -2.31. The third kappa shape index (κ3) is 7.66. The van der Waals surface area contributed by atoms with E-state index >= 15 is 0 Å². The minimum Gasteiger partial charge on any atom is -0.481 e. The molecule has 0 saturated heterocycles. The molecule has 0 spiro atoms. The number of ether oxygens (including phenoxy) is 1. The van der Waals surface area contributed by atoms with Gasteiger partial charge in [0.25, 0.3) is 0 Å². The highest BCUT2D eigenvalue weighted by molar-refractivity contribution is 9.10. The summed E-state index contributed by atoms with van der Waals surface area (Å²) >= 11 is 3.44. The van der Waals surface area contributed by atoms with Crippen LogP contribution >= 0.6 is 15.9 Å². The number of unbranched alkanes of at least 4 members (excludes halogenated alkanes) is 1. The summed E-state index contributed by atoms with van der Waals surface area (Å²) in [4.78, 5) is 26.0. The van der Waals surface area contributed by atoms with Crippen LogP contribution in [-0.4, -0.2) is 35.7 Å². The number of carbonyl (C=O) groups is 2. The second-order valence-corrected chi connectivity index (χ2v) is 10.3. The SMILES string of the molecule is CN(CC(C)(C)CCCCC(C)(C(=O)O)c1cccc(Br)c1)C(=O)OCc1ccccc1. The van der Waals surface area contributed by atoms with Crippen molar-refractivity contribution < 1.29 is 19.4 Å². The van der Waals surface area contributed by atoms with Gasteiger partial charge in [-0.05, 0) is 48.4 Å². The summed E-state index contributed by atoms with van der Waals surface area (Å²) in [7, 11) is 1.75. The Bertz CT molecular complexity index is 900. The Labute approximate surface area is 199 Å². The lowest BCUT2D eigenvalue weighted by molar-refractivity contribution is -0.143. The van der Waals surface area contributed by atoms with Crippen LogP contribution in [0.3, 0.4) is 0 Å². The summed E-state index contributed by atoms with van der Waals surface area (Å²) in [5.41, 5.74) is 0.738. The monoisotopic (exact) mass is 503 g/mol. The Morgan fingerprint density at radius 3 is 2.28 bits per heavy atom. The van der Waals surface area contributed by atoms with E-state index in [1.54, 1.807) is 18.9 Å². The first-order chi connectivity index (χ1) is 15.0. The Kier molecular flexibility index (Phi) is 9.32. The van der Waals surface area contributed by atoms with Gasteiger partial charge in [-0.15, -0.1) is 0 Å². The van der Waals surface area contributed by atoms with Crippen LogP contribution in [0.1, 0.15) is 57.6 Å². The van der Waals surface area contributed by atoms with Crippen molar-refractivity contribution >= 4 is 28.0 Å². The summed E-state index contributed by atoms with van der Waals surface area (Å²) in [5, 5.41) is 9.88. The highest BCUT2D eigenvalue weighted by Gasteiger charge is 2.35. The van der Waals surface area contributed by atoms with Crippen molar-refractivity contribution in [1.82, 2.24) is 4.90 Å². The number of carboxylic acid groups (broad SMARTS) is 1. The van der Waals surface area contributed by atoms with Gasteiger partial charge in [-0.2, -0.15) is 0 Å². The number of amides is 1. The number of carbonyl (C=O) groups excluding carboxylic acids is 1. The number of carboxylic acids is 1. The van der Waals surface area contributed by atoms with Crippen LogP contribution in [0.15, 0.2) is 59.1 Å². The highest BCUT2D eigenvalue weighted by Crippen LogP contribution is 2.33. The average Bonchev–Trinajstić information content (AvgIpc) is 2.75. The van der Waals surface area contributed by atoms with E-state index in [0.29, 0.717) is 13.0 Å². The van der Waals surface area contributed by atoms with Gasteiger partial charge in [-0.25, -0.2) is 4.79 Å². The number of benzene rings is 2. The molecule has 174 valence electrons. The molecule has 0 fully saturated rings. The van der Waals surface area contributed by atoms with E-state index in [0.717, 1.165) is 34.9 Å². The average molecular weight is 504 g/mol. The van der Waals surface area contributed by atoms with Crippen molar-refractivity contribution in [3.05, 3.63) is 70.2 Å². The molecule has 1 N–H and O–H groups in total. The lowest BCUT2D eigenvalue weighted by atomic mass is 9.77. The summed E-state index contributed by atoms with van der Waals surface area (Å²) in [6, 6.07) is 17.1. The van der Waals surface area contributed by atoms with Gasteiger partial charge in [0.05, 0.1) is 5.41 Å². The molecule has 5 nitrogen and oxygen atoms in total. The number of aliphatic carboxylic acids is 1. The maximum Gasteiger partial charge on any atom is 0.409 e. The Hall–Kier alpha value is -2.34. The molecule has 0 heterocycles. The minimum absolute atomic E-state index is 0.101. The first-order valence-electron chi connectivity index (χ1n) is 10.9. The van der Waals surface area contributed by atoms with Crippen LogP contribution < -0.4 is 0 Å². The van der Waals surface area contributed by atoms with Crippen LogP contribution in [0, 0.1) is 5.41 Å². The second-order valence-electron chi connectivity index (χ2n) is 9.42. The molecule has 0 aliphatic heterocycles. The van der Waals surface area contributed by atoms with Crippen LogP contribution in [0.25, 0.3) is 0 Å². The normalized spacial score (nSPS) is 13.3.